The molecule has 2 aliphatic heterocycles. The summed E-state index contributed by atoms with van der Waals surface area (Å²) in [7, 11) is -3.84. The number of likely N-dealkylation sites (tertiary alicyclic amines) is 1. The van der Waals surface area contributed by atoms with Crippen molar-refractivity contribution in [1.82, 2.24) is 14.5 Å². The number of carbonyl (C=O) groups is 1. The van der Waals surface area contributed by atoms with Crippen LogP contribution >= 0.6 is 23.2 Å². The lowest BCUT2D eigenvalue weighted by molar-refractivity contribution is 0.0730. The number of sulfonamides is 1. The largest absolute Gasteiger partial charge is 0.379 e. The highest BCUT2D eigenvalue weighted by atomic mass is 35.5. The van der Waals surface area contributed by atoms with Gasteiger partial charge in [0, 0.05) is 26.2 Å². The Hall–Kier alpha value is -0.900. The molecule has 0 bridgehead atoms. The maximum atomic E-state index is 13.0. The van der Waals surface area contributed by atoms with E-state index in [1.165, 1.54) is 16.4 Å². The average molecular weight is 464 g/mol. The minimum absolute atomic E-state index is 0.00362. The van der Waals surface area contributed by atoms with Crippen LogP contribution in [0.15, 0.2) is 17.0 Å². The Balaban J connectivity index is 1.75. The first-order chi connectivity index (χ1) is 13.8. The van der Waals surface area contributed by atoms with Gasteiger partial charge in [0.25, 0.3) is 5.91 Å². The number of hydrogen-bond acceptors (Lipinski definition) is 5. The van der Waals surface area contributed by atoms with Crippen LogP contribution in [-0.4, -0.2) is 76.0 Å². The Bertz CT molecular complexity index is 844. The number of hydrogen-bond donors (Lipinski definition) is 1. The second kappa shape index (κ2) is 9.94. The fourth-order valence-electron chi connectivity index (χ4n) is 3.76. The first-order valence-corrected chi connectivity index (χ1v) is 12.1. The van der Waals surface area contributed by atoms with Gasteiger partial charge in [0.2, 0.25) is 10.0 Å². The van der Waals surface area contributed by atoms with E-state index in [1.807, 2.05) is 0 Å². The standard InChI is InChI=1S/C19H27Cl2N3O4S/c1-2-23-5-3-4-14(13-23)12-22-19(25)15-10-18(17(21)11-16(15)20)29(26,27)24-6-8-28-9-7-24/h10-11,14H,2-9,12-13H2,1H3,(H,22,25). The Morgan fingerprint density at radius 1 is 1.21 bits per heavy atom. The van der Waals surface area contributed by atoms with E-state index in [-0.39, 0.29) is 33.6 Å². The van der Waals surface area contributed by atoms with Crippen LogP contribution in [0.2, 0.25) is 10.0 Å². The second-order valence-electron chi connectivity index (χ2n) is 7.39. The fraction of sp³-hybridized carbons (Fsp3) is 0.632. The number of ether oxygens (including phenoxy) is 1. The Labute approximate surface area is 182 Å². The number of piperidine rings is 1. The summed E-state index contributed by atoms with van der Waals surface area (Å²) in [5, 5.41) is 3.05. The van der Waals surface area contributed by atoms with Gasteiger partial charge in [-0.25, -0.2) is 8.42 Å². The number of morpholine rings is 1. The average Bonchev–Trinajstić information content (AvgIpc) is 2.72. The molecule has 1 aromatic carbocycles. The molecule has 29 heavy (non-hydrogen) atoms. The highest BCUT2D eigenvalue weighted by Gasteiger charge is 2.30. The number of nitrogens with one attached hydrogen (secondary N) is 1. The zero-order valence-corrected chi connectivity index (χ0v) is 18.8. The lowest BCUT2D eigenvalue weighted by Crippen LogP contribution is -2.41. The fourth-order valence-corrected chi connectivity index (χ4v) is 6.01. The smallest absolute Gasteiger partial charge is 0.252 e. The second-order valence-corrected chi connectivity index (χ2v) is 10.1. The summed E-state index contributed by atoms with van der Waals surface area (Å²) in [6, 6.07) is 2.61. The van der Waals surface area contributed by atoms with Gasteiger partial charge >= 0.3 is 0 Å². The molecule has 0 spiro atoms. The zero-order valence-electron chi connectivity index (χ0n) is 16.5. The summed E-state index contributed by atoms with van der Waals surface area (Å²) in [4.78, 5) is 15.0. The number of nitrogens with zero attached hydrogens (tertiary/aromatic N) is 2. The van der Waals surface area contributed by atoms with E-state index >= 15 is 0 Å². The van der Waals surface area contributed by atoms with Gasteiger partial charge < -0.3 is 15.0 Å². The Morgan fingerprint density at radius 3 is 2.62 bits per heavy atom. The molecule has 1 amide bonds. The SMILES string of the molecule is CCN1CCCC(CNC(=O)c2cc(S(=O)(=O)N3CCOCC3)c(Cl)cc2Cl)C1. The van der Waals surface area contributed by atoms with Crippen LogP contribution in [0.5, 0.6) is 0 Å². The van der Waals surface area contributed by atoms with Gasteiger partial charge in [-0.05, 0) is 44.0 Å². The lowest BCUT2D eigenvalue weighted by atomic mass is 9.98. The third kappa shape index (κ3) is 5.42. The van der Waals surface area contributed by atoms with Gasteiger partial charge in [0.05, 0.1) is 28.8 Å². The molecule has 2 heterocycles. The van der Waals surface area contributed by atoms with E-state index in [9.17, 15) is 13.2 Å². The van der Waals surface area contributed by atoms with Crippen molar-refractivity contribution in [2.75, 3.05) is 52.5 Å². The zero-order chi connectivity index (χ0) is 21.0. The molecule has 2 fully saturated rings. The Morgan fingerprint density at radius 2 is 1.93 bits per heavy atom. The summed E-state index contributed by atoms with van der Waals surface area (Å²) in [6.45, 7) is 6.84. The molecule has 0 aromatic heterocycles. The van der Waals surface area contributed by atoms with Gasteiger partial charge in [-0.1, -0.05) is 30.1 Å². The van der Waals surface area contributed by atoms with Crippen molar-refractivity contribution in [3.05, 3.63) is 27.7 Å². The highest BCUT2D eigenvalue weighted by molar-refractivity contribution is 7.89. The predicted octanol–water partition coefficient (Wildman–Crippen LogP) is 2.48. The van der Waals surface area contributed by atoms with Gasteiger partial charge in [-0.15, -0.1) is 0 Å². The first kappa shape index (κ1) is 22.8. The molecule has 7 nitrogen and oxygen atoms in total. The van der Waals surface area contributed by atoms with Crippen LogP contribution in [0.4, 0.5) is 0 Å². The monoisotopic (exact) mass is 463 g/mol. The summed E-state index contributed by atoms with van der Waals surface area (Å²) >= 11 is 12.4. The summed E-state index contributed by atoms with van der Waals surface area (Å²) in [6.07, 6.45) is 2.17. The van der Waals surface area contributed by atoms with Crippen molar-refractivity contribution < 1.29 is 17.9 Å². The molecule has 1 unspecified atom stereocenters. The van der Waals surface area contributed by atoms with Crippen LogP contribution in [0, 0.1) is 5.92 Å². The van der Waals surface area contributed by atoms with Crippen LogP contribution in [-0.2, 0) is 14.8 Å². The molecule has 2 aliphatic rings. The Kier molecular flexibility index (Phi) is 7.81. The van der Waals surface area contributed by atoms with Crippen molar-refractivity contribution in [3.63, 3.8) is 0 Å². The normalized spacial score (nSPS) is 21.8. The molecule has 2 saturated heterocycles. The molecule has 0 saturated carbocycles. The van der Waals surface area contributed by atoms with Gasteiger partial charge in [-0.3, -0.25) is 4.79 Å². The highest BCUT2D eigenvalue weighted by Crippen LogP contribution is 2.31. The van der Waals surface area contributed by atoms with E-state index in [4.69, 9.17) is 27.9 Å². The molecule has 162 valence electrons. The van der Waals surface area contributed by atoms with Crippen LogP contribution in [0.25, 0.3) is 0 Å². The quantitative estimate of drug-likeness (QED) is 0.700. The minimum Gasteiger partial charge on any atom is -0.379 e. The van der Waals surface area contributed by atoms with E-state index in [0.29, 0.717) is 25.7 Å². The van der Waals surface area contributed by atoms with Gasteiger partial charge in [0.1, 0.15) is 4.90 Å². The van der Waals surface area contributed by atoms with Crippen molar-refractivity contribution in [1.29, 1.82) is 0 Å². The van der Waals surface area contributed by atoms with Gasteiger partial charge in [-0.2, -0.15) is 4.31 Å². The molecule has 1 atom stereocenters. The van der Waals surface area contributed by atoms with E-state index in [1.54, 1.807) is 0 Å². The molecule has 1 N–H and O–H groups in total. The number of halogens is 2. The maximum absolute atomic E-state index is 13.0. The molecule has 0 aliphatic carbocycles. The third-order valence-electron chi connectivity index (χ3n) is 5.46. The number of carbonyl (C=O) groups excluding carboxylic acids is 1. The first-order valence-electron chi connectivity index (χ1n) is 9.90. The molecular weight excluding hydrogens is 437 g/mol. The van der Waals surface area contributed by atoms with E-state index in [0.717, 1.165) is 32.5 Å². The summed E-state index contributed by atoms with van der Waals surface area (Å²) < 4.78 is 32.5. The third-order valence-corrected chi connectivity index (χ3v) is 8.13. The van der Waals surface area contributed by atoms with Crippen LogP contribution in [0.1, 0.15) is 30.1 Å². The minimum atomic E-state index is -3.84. The number of amides is 1. The maximum Gasteiger partial charge on any atom is 0.252 e. The van der Waals surface area contributed by atoms with E-state index in [2.05, 4.69) is 17.1 Å². The molecular formula is C19H27Cl2N3O4S. The topological polar surface area (TPSA) is 79.0 Å². The molecule has 1 aromatic rings. The molecule has 10 heteroatoms. The van der Waals surface area contributed by atoms with Crippen LogP contribution < -0.4 is 5.32 Å². The summed E-state index contributed by atoms with van der Waals surface area (Å²) in [5.74, 6) is -0.0194. The van der Waals surface area contributed by atoms with Crippen molar-refractivity contribution >= 4 is 39.1 Å². The number of rotatable bonds is 6. The van der Waals surface area contributed by atoms with Crippen molar-refractivity contribution in [2.24, 2.45) is 5.92 Å². The predicted molar refractivity (Wildman–Crippen MR) is 113 cm³/mol. The van der Waals surface area contributed by atoms with Crippen molar-refractivity contribution in [2.45, 2.75) is 24.7 Å². The van der Waals surface area contributed by atoms with Crippen molar-refractivity contribution in [3.8, 4) is 0 Å². The summed E-state index contributed by atoms with van der Waals surface area (Å²) in [5.41, 5.74) is 0.117. The van der Waals surface area contributed by atoms with Crippen LogP contribution in [0.3, 0.4) is 0 Å². The molecule has 0 radical (unpaired) electrons. The number of benzene rings is 1. The molecule has 3 rings (SSSR count). The lowest BCUT2D eigenvalue weighted by Gasteiger charge is -2.31. The van der Waals surface area contributed by atoms with Gasteiger partial charge in [0.15, 0.2) is 0 Å². The van der Waals surface area contributed by atoms with E-state index < -0.39 is 15.9 Å².